The van der Waals surface area contributed by atoms with Gasteiger partial charge in [-0.2, -0.15) is 5.10 Å². The number of hydrogen-bond donors (Lipinski definition) is 2. The number of aryl methyl sites for hydroxylation is 1. The molecule has 0 amide bonds. The van der Waals surface area contributed by atoms with Gasteiger partial charge in [-0.25, -0.2) is 0 Å². The molecular weight excluding hydrogens is 206 g/mol. The molecule has 0 bridgehead atoms. The minimum absolute atomic E-state index is 0.138. The Balaban J connectivity index is 2.57. The summed E-state index contributed by atoms with van der Waals surface area (Å²) < 4.78 is 0. The molecule has 2 N–H and O–H groups in total. The standard InChI is InChI=1S/C11H17N3O2/c1-8-4-5-9(14-13-8)12-11(2,3)7-6-10(15)16/h4-5H,6-7H2,1-3H3,(H,12,14)(H,15,16). The van der Waals surface area contributed by atoms with Crippen LogP contribution < -0.4 is 5.32 Å². The van der Waals surface area contributed by atoms with E-state index >= 15 is 0 Å². The van der Waals surface area contributed by atoms with E-state index in [1.807, 2.05) is 32.9 Å². The minimum Gasteiger partial charge on any atom is -0.481 e. The number of rotatable bonds is 5. The third-order valence-corrected chi connectivity index (χ3v) is 2.23. The first-order chi connectivity index (χ1) is 7.39. The van der Waals surface area contributed by atoms with Crippen LogP contribution in [0, 0.1) is 6.92 Å². The van der Waals surface area contributed by atoms with Gasteiger partial charge in [-0.15, -0.1) is 5.10 Å². The van der Waals surface area contributed by atoms with Crippen LogP contribution in [0.1, 0.15) is 32.4 Å². The van der Waals surface area contributed by atoms with E-state index in [1.165, 1.54) is 0 Å². The third kappa shape index (κ3) is 4.25. The Morgan fingerprint density at radius 3 is 2.62 bits per heavy atom. The molecule has 0 aliphatic rings. The summed E-state index contributed by atoms with van der Waals surface area (Å²) in [7, 11) is 0. The normalized spacial score (nSPS) is 11.2. The predicted octanol–water partition coefficient (Wildman–Crippen LogP) is 1.84. The molecule has 0 spiro atoms. The van der Waals surface area contributed by atoms with Gasteiger partial charge in [0.1, 0.15) is 5.82 Å². The zero-order valence-electron chi connectivity index (χ0n) is 9.82. The second-order valence-corrected chi connectivity index (χ2v) is 4.46. The quantitative estimate of drug-likeness (QED) is 0.796. The molecule has 0 saturated heterocycles. The highest BCUT2D eigenvalue weighted by molar-refractivity contribution is 5.66. The SMILES string of the molecule is Cc1ccc(NC(C)(C)CCC(=O)O)nn1. The van der Waals surface area contributed by atoms with Crippen LogP contribution in [-0.2, 0) is 4.79 Å². The number of aromatic nitrogens is 2. The smallest absolute Gasteiger partial charge is 0.303 e. The Morgan fingerprint density at radius 2 is 2.12 bits per heavy atom. The van der Waals surface area contributed by atoms with Gasteiger partial charge in [0.05, 0.1) is 5.69 Å². The first kappa shape index (κ1) is 12.4. The fourth-order valence-electron chi connectivity index (χ4n) is 1.29. The summed E-state index contributed by atoms with van der Waals surface area (Å²) in [5, 5.41) is 19.7. The van der Waals surface area contributed by atoms with Gasteiger partial charge in [0.25, 0.3) is 0 Å². The Morgan fingerprint density at radius 1 is 1.44 bits per heavy atom. The fourth-order valence-corrected chi connectivity index (χ4v) is 1.29. The number of nitrogens with one attached hydrogen (secondary N) is 1. The Labute approximate surface area is 94.9 Å². The number of aliphatic carboxylic acids is 1. The van der Waals surface area contributed by atoms with Crippen molar-refractivity contribution in [2.24, 2.45) is 0 Å². The van der Waals surface area contributed by atoms with E-state index in [-0.39, 0.29) is 12.0 Å². The van der Waals surface area contributed by atoms with Gasteiger partial charge in [0.15, 0.2) is 0 Å². The average molecular weight is 223 g/mol. The maximum Gasteiger partial charge on any atom is 0.303 e. The van der Waals surface area contributed by atoms with E-state index < -0.39 is 5.97 Å². The van der Waals surface area contributed by atoms with E-state index in [1.54, 1.807) is 0 Å². The van der Waals surface area contributed by atoms with E-state index in [2.05, 4.69) is 15.5 Å². The first-order valence-corrected chi connectivity index (χ1v) is 5.19. The van der Waals surface area contributed by atoms with Gasteiger partial charge < -0.3 is 10.4 Å². The van der Waals surface area contributed by atoms with Gasteiger partial charge in [-0.3, -0.25) is 4.79 Å². The van der Waals surface area contributed by atoms with Crippen LogP contribution in [0.3, 0.4) is 0 Å². The van der Waals surface area contributed by atoms with Crippen molar-refractivity contribution in [3.63, 3.8) is 0 Å². The van der Waals surface area contributed by atoms with Crippen LogP contribution in [0.15, 0.2) is 12.1 Å². The van der Waals surface area contributed by atoms with Gasteiger partial charge in [0.2, 0.25) is 0 Å². The van der Waals surface area contributed by atoms with E-state index in [0.29, 0.717) is 12.2 Å². The van der Waals surface area contributed by atoms with Crippen molar-refractivity contribution in [1.82, 2.24) is 10.2 Å². The van der Waals surface area contributed by atoms with Crippen LogP contribution >= 0.6 is 0 Å². The van der Waals surface area contributed by atoms with Crippen LogP contribution in [0.2, 0.25) is 0 Å². The Hall–Kier alpha value is -1.65. The maximum atomic E-state index is 10.5. The van der Waals surface area contributed by atoms with Gasteiger partial charge in [-0.05, 0) is 39.3 Å². The number of hydrogen-bond acceptors (Lipinski definition) is 4. The molecule has 0 atom stereocenters. The van der Waals surface area contributed by atoms with Crippen molar-refractivity contribution >= 4 is 11.8 Å². The molecule has 0 aromatic carbocycles. The summed E-state index contributed by atoms with van der Waals surface area (Å²) in [6, 6.07) is 3.70. The zero-order valence-corrected chi connectivity index (χ0v) is 9.82. The lowest BCUT2D eigenvalue weighted by Gasteiger charge is -2.25. The molecule has 0 unspecified atom stereocenters. The van der Waals surface area contributed by atoms with Gasteiger partial charge in [0, 0.05) is 12.0 Å². The molecule has 16 heavy (non-hydrogen) atoms. The number of carboxylic acids is 1. The summed E-state index contributed by atoms with van der Waals surface area (Å²) in [6.45, 7) is 5.75. The van der Waals surface area contributed by atoms with E-state index in [9.17, 15) is 4.79 Å². The second-order valence-electron chi connectivity index (χ2n) is 4.46. The van der Waals surface area contributed by atoms with Crippen LogP contribution in [0.4, 0.5) is 5.82 Å². The van der Waals surface area contributed by atoms with Crippen molar-refractivity contribution in [3.8, 4) is 0 Å². The molecule has 5 nitrogen and oxygen atoms in total. The molecule has 0 radical (unpaired) electrons. The lowest BCUT2D eigenvalue weighted by atomic mass is 9.98. The van der Waals surface area contributed by atoms with Gasteiger partial charge >= 0.3 is 5.97 Å². The number of carboxylic acid groups (broad SMARTS) is 1. The molecule has 0 fully saturated rings. The zero-order chi connectivity index (χ0) is 12.2. The molecule has 1 heterocycles. The monoisotopic (exact) mass is 223 g/mol. The first-order valence-electron chi connectivity index (χ1n) is 5.19. The fraction of sp³-hybridized carbons (Fsp3) is 0.545. The molecular formula is C11H17N3O2. The number of carbonyl (C=O) groups is 1. The molecule has 0 aliphatic heterocycles. The Kier molecular flexibility index (Phi) is 3.82. The predicted molar refractivity (Wildman–Crippen MR) is 61.3 cm³/mol. The summed E-state index contributed by atoms with van der Waals surface area (Å²) in [5.74, 6) is -0.120. The van der Waals surface area contributed by atoms with Crippen LogP contribution in [-0.4, -0.2) is 26.8 Å². The van der Waals surface area contributed by atoms with Crippen LogP contribution in [0.25, 0.3) is 0 Å². The molecule has 0 saturated carbocycles. The number of anilines is 1. The van der Waals surface area contributed by atoms with Crippen LogP contribution in [0.5, 0.6) is 0 Å². The minimum atomic E-state index is -0.787. The average Bonchev–Trinajstić information content (AvgIpc) is 2.19. The van der Waals surface area contributed by atoms with Crippen molar-refractivity contribution < 1.29 is 9.90 Å². The highest BCUT2D eigenvalue weighted by Gasteiger charge is 2.19. The van der Waals surface area contributed by atoms with Crippen molar-refractivity contribution in [1.29, 1.82) is 0 Å². The van der Waals surface area contributed by atoms with Gasteiger partial charge in [-0.1, -0.05) is 0 Å². The molecule has 1 aromatic heterocycles. The summed E-state index contributed by atoms with van der Waals surface area (Å²) in [6.07, 6.45) is 0.678. The maximum absolute atomic E-state index is 10.5. The second kappa shape index (κ2) is 4.92. The molecule has 5 heteroatoms. The number of nitrogens with zero attached hydrogens (tertiary/aromatic N) is 2. The lowest BCUT2D eigenvalue weighted by Crippen LogP contribution is -2.32. The molecule has 1 rings (SSSR count). The van der Waals surface area contributed by atoms with Crippen molar-refractivity contribution in [3.05, 3.63) is 17.8 Å². The lowest BCUT2D eigenvalue weighted by molar-refractivity contribution is -0.137. The van der Waals surface area contributed by atoms with Crippen molar-refractivity contribution in [2.45, 2.75) is 39.2 Å². The summed E-state index contributed by atoms with van der Waals surface area (Å²) >= 11 is 0. The summed E-state index contributed by atoms with van der Waals surface area (Å²) in [5.41, 5.74) is 0.552. The molecule has 0 aliphatic carbocycles. The molecule has 1 aromatic rings. The largest absolute Gasteiger partial charge is 0.481 e. The van der Waals surface area contributed by atoms with E-state index in [4.69, 9.17) is 5.11 Å². The highest BCUT2D eigenvalue weighted by atomic mass is 16.4. The topological polar surface area (TPSA) is 75.1 Å². The summed E-state index contributed by atoms with van der Waals surface area (Å²) in [4.78, 5) is 10.5. The third-order valence-electron chi connectivity index (χ3n) is 2.23. The highest BCUT2D eigenvalue weighted by Crippen LogP contribution is 2.17. The van der Waals surface area contributed by atoms with E-state index in [0.717, 1.165) is 5.69 Å². The molecule has 88 valence electrons. The van der Waals surface area contributed by atoms with Crippen molar-refractivity contribution in [2.75, 3.05) is 5.32 Å². The Bertz CT molecular complexity index is 360.